The Morgan fingerprint density at radius 3 is 1.23 bits per heavy atom. The van der Waals surface area contributed by atoms with Gasteiger partial charge in [0.25, 0.3) is 0 Å². The molecule has 0 N–H and O–H groups in total. The molecule has 16 rings (SSSR count). The summed E-state index contributed by atoms with van der Waals surface area (Å²) in [5.74, 6) is -17.5. The van der Waals surface area contributed by atoms with Crippen LogP contribution in [0.1, 0.15) is 62.8 Å². The second-order valence-corrected chi connectivity index (χ2v) is 24.5. The number of anilines is 6. The molecule has 0 atom stereocenters. The van der Waals surface area contributed by atoms with Gasteiger partial charge >= 0.3 is 0 Å². The Morgan fingerprint density at radius 1 is 0.344 bits per heavy atom. The summed E-state index contributed by atoms with van der Waals surface area (Å²) in [6.07, 6.45) is 5.71. The van der Waals surface area contributed by atoms with E-state index in [0.29, 0.717) is 21.8 Å². The largest absolute Gasteiger partial charge is 0.309 e. The number of rotatable bonds is 9. The average Bonchev–Trinajstić information content (AvgIpc) is 1.15. The summed E-state index contributed by atoms with van der Waals surface area (Å²) >= 11 is 0. The van der Waals surface area contributed by atoms with Gasteiger partial charge in [-0.15, -0.1) is 0 Å². The monoisotopic (exact) mass is 1200 g/mol. The van der Waals surface area contributed by atoms with E-state index in [1.165, 1.54) is 0 Å². The minimum Gasteiger partial charge on any atom is -0.309 e. The zero-order valence-corrected chi connectivity index (χ0v) is 49.0. The molecule has 2 heterocycles. The van der Waals surface area contributed by atoms with Crippen molar-refractivity contribution in [2.75, 3.05) is 9.80 Å². The van der Waals surface area contributed by atoms with E-state index >= 15 is 35.1 Å². The summed E-state index contributed by atoms with van der Waals surface area (Å²) in [5.41, 5.74) is 4.52. The van der Waals surface area contributed by atoms with Gasteiger partial charge in [0.2, 0.25) is 0 Å². The van der Waals surface area contributed by atoms with Gasteiger partial charge in [0.15, 0.2) is 46.5 Å². The molecule has 90 heavy (non-hydrogen) atoms. The van der Waals surface area contributed by atoms with E-state index in [0.717, 1.165) is 100 Å². The molecular formula is C78H52F8N4. The van der Waals surface area contributed by atoms with Crippen molar-refractivity contribution in [2.45, 2.75) is 51.4 Å². The Kier molecular flexibility index (Phi) is 12.2. The van der Waals surface area contributed by atoms with Crippen LogP contribution in [0.15, 0.2) is 224 Å². The molecule has 0 saturated carbocycles. The normalized spacial score (nSPS) is 14.4. The molecule has 0 fully saturated rings. The van der Waals surface area contributed by atoms with Crippen LogP contribution in [-0.2, 0) is 10.8 Å². The number of allylic oxidation sites excluding steroid dienone is 4. The second-order valence-electron chi connectivity index (χ2n) is 24.5. The average molecular weight is 1200 g/mol. The number of fused-ring (bicyclic) bond motifs is 11. The van der Waals surface area contributed by atoms with Gasteiger partial charge in [-0.2, -0.15) is 0 Å². The first-order valence-electron chi connectivity index (χ1n) is 29.8. The van der Waals surface area contributed by atoms with Gasteiger partial charge in [0.1, 0.15) is 11.4 Å². The predicted molar refractivity (Wildman–Crippen MR) is 345 cm³/mol. The van der Waals surface area contributed by atoms with Crippen LogP contribution in [0.2, 0.25) is 0 Å². The quantitative estimate of drug-likeness (QED) is 0.106. The van der Waals surface area contributed by atoms with Crippen LogP contribution in [0.4, 0.5) is 69.2 Å². The zero-order chi connectivity index (χ0) is 61.8. The standard InChI is InChI=1S/C78H52F8N4/c1-77(2)57-27-15-11-23-49(57)51-35-31-47(41-59(51)77)87(45-33-37-63-55(39-45)53-25-13-17-29-61(53)89(63)43-19-7-5-8-20-43)75-71(83)67(79)65(68(80)72(75)84)66-69(81)73(85)76(74(86)70(66)82)88(48-32-36-52-50-24-12-16-28-58(50)78(3,4)60(52)42-48)46-34-38-64-56(40-46)54-26-14-18-30-62(54)90(64)44-21-9-6-10-22-44/h5-15,17-27,29-42H,16,28H2,1-4H3. The van der Waals surface area contributed by atoms with Crippen LogP contribution < -0.4 is 9.80 Å². The summed E-state index contributed by atoms with van der Waals surface area (Å²) in [6, 6.07) is 62.1. The van der Waals surface area contributed by atoms with E-state index < -0.39 is 79.9 Å². The molecule has 0 amide bonds. The van der Waals surface area contributed by atoms with Crippen molar-refractivity contribution in [3.05, 3.63) is 293 Å². The van der Waals surface area contributed by atoms with Gasteiger partial charge in [-0.05, 0) is 149 Å². The molecule has 3 aliphatic rings. The topological polar surface area (TPSA) is 16.3 Å². The maximum Gasteiger partial charge on any atom is 0.186 e. The van der Waals surface area contributed by atoms with Crippen LogP contribution in [0, 0.1) is 46.5 Å². The van der Waals surface area contributed by atoms with Crippen molar-refractivity contribution in [1.82, 2.24) is 9.13 Å². The van der Waals surface area contributed by atoms with E-state index in [9.17, 15) is 0 Å². The number of hydrogen-bond acceptors (Lipinski definition) is 2. The van der Waals surface area contributed by atoms with E-state index in [2.05, 4.69) is 12.2 Å². The van der Waals surface area contributed by atoms with Crippen molar-refractivity contribution in [3.8, 4) is 33.6 Å². The van der Waals surface area contributed by atoms with Crippen LogP contribution in [-0.4, -0.2) is 9.13 Å². The molecule has 2 aromatic heterocycles. The molecule has 0 spiro atoms. The molecular weight excluding hydrogens is 1140 g/mol. The highest BCUT2D eigenvalue weighted by molar-refractivity contribution is 6.12. The fourth-order valence-corrected chi connectivity index (χ4v) is 14.8. The van der Waals surface area contributed by atoms with Crippen LogP contribution in [0.3, 0.4) is 0 Å². The minimum atomic E-state index is -2.29. The lowest BCUT2D eigenvalue weighted by Crippen LogP contribution is -2.21. The lowest BCUT2D eigenvalue weighted by molar-refractivity contribution is 0.444. The zero-order valence-electron chi connectivity index (χ0n) is 49.0. The van der Waals surface area contributed by atoms with Crippen molar-refractivity contribution < 1.29 is 35.1 Å². The van der Waals surface area contributed by atoms with Crippen molar-refractivity contribution in [2.24, 2.45) is 0 Å². The van der Waals surface area contributed by atoms with E-state index in [1.807, 2.05) is 170 Å². The molecule has 440 valence electrons. The SMILES string of the molecule is CC1(C)C2=C(C=CCC2)c2ccc(N(c3ccc4c(c3)c3ccccc3n4-c3ccccc3)c3c(F)c(F)c(-c4c(F)c(F)c(N(c5ccc6c(c5)C(C)(C)c5ccccc5-6)c5ccc6c(c5)c5ccccc5n6-c5ccccc5)c(F)c4F)c(F)c3F)cc21. The molecule has 11 aromatic carbocycles. The molecule has 12 heteroatoms. The summed E-state index contributed by atoms with van der Waals surface area (Å²) in [5, 5.41) is 2.74. The number of para-hydroxylation sites is 4. The minimum absolute atomic E-state index is 0.0557. The van der Waals surface area contributed by atoms with E-state index in [-0.39, 0.29) is 22.7 Å². The first-order valence-corrected chi connectivity index (χ1v) is 29.8. The lowest BCUT2D eigenvalue weighted by Gasteiger charge is -2.30. The summed E-state index contributed by atoms with van der Waals surface area (Å²) in [4.78, 5) is 2.06. The summed E-state index contributed by atoms with van der Waals surface area (Å²) < 4.78 is 146. The first-order chi connectivity index (χ1) is 43.5. The first kappa shape index (κ1) is 54.9. The van der Waals surface area contributed by atoms with Crippen LogP contribution in [0.5, 0.6) is 0 Å². The Morgan fingerprint density at radius 2 is 0.733 bits per heavy atom. The lowest BCUT2D eigenvalue weighted by atomic mass is 9.78. The maximum absolute atomic E-state index is 17.9. The smallest absolute Gasteiger partial charge is 0.186 e. The van der Waals surface area contributed by atoms with Gasteiger partial charge in [-0.25, -0.2) is 35.1 Å². The molecule has 0 saturated heterocycles. The number of aromatic nitrogens is 2. The van der Waals surface area contributed by atoms with Crippen LogP contribution in [0.25, 0.3) is 82.8 Å². The van der Waals surface area contributed by atoms with Crippen molar-refractivity contribution in [1.29, 1.82) is 0 Å². The fourth-order valence-electron chi connectivity index (χ4n) is 14.8. The predicted octanol–water partition coefficient (Wildman–Crippen LogP) is 22.3. The highest BCUT2D eigenvalue weighted by Crippen LogP contribution is 2.55. The van der Waals surface area contributed by atoms with E-state index in [4.69, 9.17) is 0 Å². The second kappa shape index (κ2) is 20.0. The number of hydrogen-bond donors (Lipinski definition) is 0. The van der Waals surface area contributed by atoms with Crippen LogP contribution >= 0.6 is 0 Å². The van der Waals surface area contributed by atoms with Gasteiger partial charge < -0.3 is 18.9 Å². The summed E-state index contributed by atoms with van der Waals surface area (Å²) in [6.45, 7) is 8.08. The highest BCUT2D eigenvalue weighted by atomic mass is 19.2. The number of benzene rings is 11. The Balaban J connectivity index is 0.891. The Labute approximate surface area is 512 Å². The van der Waals surface area contributed by atoms with Gasteiger partial charge in [0.05, 0.1) is 33.2 Å². The number of halogens is 8. The van der Waals surface area contributed by atoms with Gasteiger partial charge in [0, 0.05) is 66.5 Å². The molecule has 0 unspecified atom stereocenters. The maximum atomic E-state index is 17.9. The summed E-state index contributed by atoms with van der Waals surface area (Å²) in [7, 11) is 0. The molecule has 0 aliphatic heterocycles. The molecule has 0 radical (unpaired) electrons. The highest BCUT2D eigenvalue weighted by Gasteiger charge is 2.42. The Bertz CT molecular complexity index is 5250. The van der Waals surface area contributed by atoms with Crippen molar-refractivity contribution >= 4 is 83.3 Å². The third kappa shape index (κ3) is 7.79. The van der Waals surface area contributed by atoms with Gasteiger partial charge in [-0.3, -0.25) is 0 Å². The van der Waals surface area contributed by atoms with E-state index in [1.54, 1.807) is 72.8 Å². The molecule has 3 aliphatic carbocycles. The molecule has 0 bridgehead atoms. The molecule has 13 aromatic rings. The fraction of sp³-hybridized carbons (Fsp3) is 0.103. The Hall–Kier alpha value is -10.5. The third-order valence-corrected chi connectivity index (χ3v) is 19.0. The molecule has 4 nitrogen and oxygen atoms in total. The number of nitrogens with zero attached hydrogens (tertiary/aromatic N) is 4. The third-order valence-electron chi connectivity index (χ3n) is 19.0. The van der Waals surface area contributed by atoms with Crippen molar-refractivity contribution in [3.63, 3.8) is 0 Å². The van der Waals surface area contributed by atoms with Gasteiger partial charge in [-0.1, -0.05) is 155 Å².